The SMILES string of the molecule is Cc1cccc(CN2CCN(C(=O)c3snnc3C)CC2)c1. The zero-order valence-electron chi connectivity index (χ0n) is 13.0. The van der Waals surface area contributed by atoms with Gasteiger partial charge in [-0.15, -0.1) is 5.10 Å². The van der Waals surface area contributed by atoms with Crippen LogP contribution in [0.3, 0.4) is 0 Å². The van der Waals surface area contributed by atoms with Crippen molar-refractivity contribution in [3.8, 4) is 0 Å². The maximum Gasteiger partial charge on any atom is 0.267 e. The first kappa shape index (κ1) is 15.1. The Hall–Kier alpha value is -1.79. The largest absolute Gasteiger partial charge is 0.335 e. The fourth-order valence-corrected chi connectivity index (χ4v) is 3.37. The second kappa shape index (κ2) is 6.54. The van der Waals surface area contributed by atoms with Crippen molar-refractivity contribution in [3.63, 3.8) is 0 Å². The highest BCUT2D eigenvalue weighted by Gasteiger charge is 2.24. The summed E-state index contributed by atoms with van der Waals surface area (Å²) in [5.74, 6) is 0.0719. The van der Waals surface area contributed by atoms with Gasteiger partial charge in [0, 0.05) is 32.7 Å². The van der Waals surface area contributed by atoms with E-state index in [1.54, 1.807) is 0 Å². The zero-order valence-corrected chi connectivity index (χ0v) is 13.8. The van der Waals surface area contributed by atoms with Gasteiger partial charge in [-0.05, 0) is 30.9 Å². The standard InChI is InChI=1S/C16H20N4OS/c1-12-4-3-5-14(10-12)11-19-6-8-20(9-7-19)16(21)15-13(2)17-18-22-15/h3-5,10H,6-9,11H2,1-2H3. The van der Waals surface area contributed by atoms with E-state index in [9.17, 15) is 4.79 Å². The van der Waals surface area contributed by atoms with Gasteiger partial charge in [0.05, 0.1) is 5.69 Å². The van der Waals surface area contributed by atoms with Gasteiger partial charge in [-0.2, -0.15) is 0 Å². The summed E-state index contributed by atoms with van der Waals surface area (Å²) in [5, 5.41) is 3.92. The number of nitrogens with zero attached hydrogens (tertiary/aromatic N) is 4. The molecule has 1 aromatic carbocycles. The van der Waals surface area contributed by atoms with E-state index in [1.807, 2.05) is 11.8 Å². The van der Waals surface area contributed by atoms with Crippen LogP contribution < -0.4 is 0 Å². The van der Waals surface area contributed by atoms with Crippen LogP contribution in [0.5, 0.6) is 0 Å². The quantitative estimate of drug-likeness (QED) is 0.870. The third-order valence-corrected chi connectivity index (χ3v) is 4.81. The topological polar surface area (TPSA) is 49.3 Å². The number of aromatic nitrogens is 2. The highest BCUT2D eigenvalue weighted by atomic mass is 32.1. The smallest absolute Gasteiger partial charge is 0.267 e. The molecule has 2 heterocycles. The van der Waals surface area contributed by atoms with E-state index in [0.29, 0.717) is 4.88 Å². The first-order valence-electron chi connectivity index (χ1n) is 7.49. The molecule has 0 radical (unpaired) electrons. The number of benzene rings is 1. The molecule has 0 N–H and O–H groups in total. The van der Waals surface area contributed by atoms with Crippen molar-refractivity contribution in [2.24, 2.45) is 0 Å². The van der Waals surface area contributed by atoms with E-state index in [4.69, 9.17) is 0 Å². The molecule has 1 aliphatic heterocycles. The molecule has 6 heteroatoms. The molecule has 22 heavy (non-hydrogen) atoms. The molecule has 1 aliphatic rings. The van der Waals surface area contributed by atoms with Gasteiger partial charge in [-0.1, -0.05) is 34.3 Å². The van der Waals surface area contributed by atoms with Crippen molar-refractivity contribution < 1.29 is 4.79 Å². The first-order valence-corrected chi connectivity index (χ1v) is 8.27. The van der Waals surface area contributed by atoms with Crippen molar-refractivity contribution in [2.75, 3.05) is 26.2 Å². The number of rotatable bonds is 3. The van der Waals surface area contributed by atoms with Gasteiger partial charge in [0.2, 0.25) is 0 Å². The Bertz CT molecular complexity index is 662. The van der Waals surface area contributed by atoms with E-state index in [2.05, 4.69) is 45.7 Å². The monoisotopic (exact) mass is 316 g/mol. The molecule has 0 spiro atoms. The summed E-state index contributed by atoms with van der Waals surface area (Å²) in [4.78, 5) is 17.4. The van der Waals surface area contributed by atoms with Crippen LogP contribution in [0.15, 0.2) is 24.3 Å². The van der Waals surface area contributed by atoms with E-state index >= 15 is 0 Å². The zero-order chi connectivity index (χ0) is 15.5. The normalized spacial score (nSPS) is 16.0. The Kier molecular flexibility index (Phi) is 4.49. The summed E-state index contributed by atoms with van der Waals surface area (Å²) in [5.41, 5.74) is 3.36. The van der Waals surface area contributed by atoms with Crippen molar-refractivity contribution in [2.45, 2.75) is 20.4 Å². The van der Waals surface area contributed by atoms with Gasteiger partial charge >= 0.3 is 0 Å². The van der Waals surface area contributed by atoms with Crippen LogP contribution in [-0.2, 0) is 6.54 Å². The molecule has 0 saturated carbocycles. The lowest BCUT2D eigenvalue weighted by Gasteiger charge is -2.34. The number of piperazine rings is 1. The van der Waals surface area contributed by atoms with Crippen LogP contribution in [0.25, 0.3) is 0 Å². The molecule has 5 nitrogen and oxygen atoms in total. The Morgan fingerprint density at radius 1 is 1.23 bits per heavy atom. The van der Waals surface area contributed by atoms with Crippen LogP contribution in [0.1, 0.15) is 26.5 Å². The fourth-order valence-electron chi connectivity index (χ4n) is 2.75. The molecule has 1 saturated heterocycles. The van der Waals surface area contributed by atoms with Gasteiger partial charge in [0.1, 0.15) is 4.88 Å². The molecule has 2 aromatic rings. The van der Waals surface area contributed by atoms with Gasteiger partial charge < -0.3 is 4.90 Å². The summed E-state index contributed by atoms with van der Waals surface area (Å²) in [6.07, 6.45) is 0. The molecule has 0 atom stereocenters. The predicted octanol–water partition coefficient (Wildman–Crippen LogP) is 2.11. The highest BCUT2D eigenvalue weighted by molar-refractivity contribution is 7.07. The molecule has 1 aromatic heterocycles. The molecule has 116 valence electrons. The molecule has 1 fully saturated rings. The van der Waals surface area contributed by atoms with Gasteiger partial charge in [0.25, 0.3) is 5.91 Å². The second-order valence-corrected chi connectivity index (χ2v) is 6.50. The molecular formula is C16H20N4OS. The maximum absolute atomic E-state index is 12.4. The van der Waals surface area contributed by atoms with Crippen molar-refractivity contribution in [1.82, 2.24) is 19.4 Å². The van der Waals surface area contributed by atoms with E-state index in [0.717, 1.165) is 38.4 Å². The van der Waals surface area contributed by atoms with Crippen LogP contribution in [0.2, 0.25) is 0 Å². The van der Waals surface area contributed by atoms with E-state index in [1.165, 1.54) is 22.7 Å². The minimum absolute atomic E-state index is 0.0719. The predicted molar refractivity (Wildman–Crippen MR) is 87.0 cm³/mol. The van der Waals surface area contributed by atoms with Crippen LogP contribution >= 0.6 is 11.5 Å². The molecule has 0 aliphatic carbocycles. The third-order valence-electron chi connectivity index (χ3n) is 3.99. The molecule has 0 bridgehead atoms. The Morgan fingerprint density at radius 2 is 2.00 bits per heavy atom. The van der Waals surface area contributed by atoms with Crippen LogP contribution in [-0.4, -0.2) is 51.5 Å². The van der Waals surface area contributed by atoms with Crippen molar-refractivity contribution in [3.05, 3.63) is 46.0 Å². The minimum atomic E-state index is 0.0719. The fraction of sp³-hybridized carbons (Fsp3) is 0.438. The van der Waals surface area contributed by atoms with Gasteiger partial charge in [-0.25, -0.2) is 0 Å². The number of carbonyl (C=O) groups is 1. The third kappa shape index (κ3) is 3.34. The summed E-state index contributed by atoms with van der Waals surface area (Å²) < 4.78 is 3.85. The summed E-state index contributed by atoms with van der Waals surface area (Å²) >= 11 is 1.19. The van der Waals surface area contributed by atoms with Crippen molar-refractivity contribution in [1.29, 1.82) is 0 Å². The van der Waals surface area contributed by atoms with Crippen LogP contribution in [0, 0.1) is 13.8 Å². The lowest BCUT2D eigenvalue weighted by Crippen LogP contribution is -2.48. The highest BCUT2D eigenvalue weighted by Crippen LogP contribution is 2.15. The van der Waals surface area contributed by atoms with Crippen LogP contribution in [0.4, 0.5) is 0 Å². The molecule has 1 amide bonds. The number of hydrogen-bond donors (Lipinski definition) is 0. The Morgan fingerprint density at radius 3 is 2.64 bits per heavy atom. The second-order valence-electron chi connectivity index (χ2n) is 5.74. The molecular weight excluding hydrogens is 296 g/mol. The number of hydrogen-bond acceptors (Lipinski definition) is 5. The van der Waals surface area contributed by atoms with Crippen molar-refractivity contribution >= 4 is 17.4 Å². The first-order chi connectivity index (χ1) is 10.6. The minimum Gasteiger partial charge on any atom is -0.335 e. The van der Waals surface area contributed by atoms with Gasteiger partial charge in [0.15, 0.2) is 0 Å². The average molecular weight is 316 g/mol. The lowest BCUT2D eigenvalue weighted by atomic mass is 10.1. The molecule has 3 rings (SSSR count). The number of aryl methyl sites for hydroxylation is 2. The Balaban J connectivity index is 1.56. The average Bonchev–Trinajstić information content (AvgIpc) is 2.93. The summed E-state index contributed by atoms with van der Waals surface area (Å²) in [6, 6.07) is 8.61. The molecule has 0 unspecified atom stereocenters. The van der Waals surface area contributed by atoms with Gasteiger partial charge in [-0.3, -0.25) is 9.69 Å². The van der Waals surface area contributed by atoms with E-state index in [-0.39, 0.29) is 5.91 Å². The number of carbonyl (C=O) groups excluding carboxylic acids is 1. The maximum atomic E-state index is 12.4. The van der Waals surface area contributed by atoms with E-state index < -0.39 is 0 Å². The number of amides is 1. The summed E-state index contributed by atoms with van der Waals surface area (Å²) in [6.45, 7) is 8.25. The lowest BCUT2D eigenvalue weighted by molar-refractivity contribution is 0.0632. The summed E-state index contributed by atoms with van der Waals surface area (Å²) in [7, 11) is 0. The Labute approximate surface area is 134 Å².